The van der Waals surface area contributed by atoms with Crippen LogP contribution in [0.2, 0.25) is 0 Å². The zero-order chi connectivity index (χ0) is 26.9. The first-order valence-corrected chi connectivity index (χ1v) is 14.0. The van der Waals surface area contributed by atoms with Crippen LogP contribution in [0.15, 0.2) is 152 Å². The molecule has 0 radical (unpaired) electrons. The smallest absolute Gasteiger partial charge is 0.0809 e. The molecule has 4 heterocycles. The molecule has 0 unspecified atom stereocenters. The van der Waals surface area contributed by atoms with Crippen molar-refractivity contribution in [2.24, 2.45) is 0 Å². The predicted molar refractivity (Wildman–Crippen MR) is 172 cm³/mol. The van der Waals surface area contributed by atoms with Crippen molar-refractivity contribution in [1.29, 1.82) is 0 Å². The van der Waals surface area contributed by atoms with E-state index in [2.05, 4.69) is 165 Å². The van der Waals surface area contributed by atoms with Crippen molar-refractivity contribution in [3.63, 3.8) is 0 Å². The van der Waals surface area contributed by atoms with Crippen LogP contribution in [-0.2, 0) is 0 Å². The Morgan fingerprint density at radius 3 is 1.68 bits per heavy atom. The molecule has 192 valence electrons. The van der Waals surface area contributed by atoms with Gasteiger partial charge < -0.3 is 13.5 Å². The Kier molecular flexibility index (Phi) is 4.61. The van der Waals surface area contributed by atoms with Crippen LogP contribution in [0.3, 0.4) is 0 Å². The fourth-order valence-electron chi connectivity index (χ4n) is 6.77. The molecule has 0 atom stereocenters. The number of aromatic nitrogens is 3. The van der Waals surface area contributed by atoms with Crippen molar-refractivity contribution in [3.8, 4) is 22.5 Å². The van der Waals surface area contributed by atoms with Gasteiger partial charge in [0.25, 0.3) is 0 Å². The minimum Gasteiger partial charge on any atom is -0.314 e. The Balaban J connectivity index is 1.47. The van der Waals surface area contributed by atoms with Crippen molar-refractivity contribution in [3.05, 3.63) is 152 Å². The minimum atomic E-state index is 1.16. The standard InChI is InChI=1S/C38H25N3/c1-3-13-26(14-4-1)36-35-21-11-12-24-39(35)37-31-25-28(22-23-34(31)41(38(36)37)27-15-5-2-6-16-27)40-32-19-9-7-17-29(32)30-18-8-10-20-33(30)40/h1-25H. The number of para-hydroxylation sites is 3. The summed E-state index contributed by atoms with van der Waals surface area (Å²) in [5.74, 6) is 0. The second-order valence-corrected chi connectivity index (χ2v) is 10.6. The summed E-state index contributed by atoms with van der Waals surface area (Å²) in [5.41, 5.74) is 12.1. The molecular formula is C38H25N3. The first-order valence-electron chi connectivity index (χ1n) is 14.0. The zero-order valence-electron chi connectivity index (χ0n) is 22.3. The number of pyridine rings is 1. The van der Waals surface area contributed by atoms with Crippen LogP contribution in [0.25, 0.3) is 71.8 Å². The molecule has 0 aliphatic carbocycles. The van der Waals surface area contributed by atoms with E-state index < -0.39 is 0 Å². The zero-order valence-corrected chi connectivity index (χ0v) is 22.3. The van der Waals surface area contributed by atoms with Gasteiger partial charge in [-0.3, -0.25) is 0 Å². The van der Waals surface area contributed by atoms with E-state index in [1.807, 2.05) is 0 Å². The Morgan fingerprint density at radius 2 is 0.951 bits per heavy atom. The number of fused-ring (bicyclic) bond motifs is 8. The summed E-state index contributed by atoms with van der Waals surface area (Å²) in [6.45, 7) is 0. The average Bonchev–Trinajstić information content (AvgIpc) is 3.67. The second kappa shape index (κ2) is 8.48. The minimum absolute atomic E-state index is 1.16. The van der Waals surface area contributed by atoms with Gasteiger partial charge >= 0.3 is 0 Å². The number of rotatable bonds is 3. The number of benzene rings is 5. The monoisotopic (exact) mass is 523 g/mol. The Morgan fingerprint density at radius 1 is 0.366 bits per heavy atom. The molecule has 9 rings (SSSR count). The Bertz CT molecular complexity index is 2350. The molecule has 0 amide bonds. The van der Waals surface area contributed by atoms with Gasteiger partial charge in [0.2, 0.25) is 0 Å². The van der Waals surface area contributed by atoms with Gasteiger partial charge in [0.1, 0.15) is 0 Å². The molecule has 4 aromatic heterocycles. The first-order chi connectivity index (χ1) is 20.4. The van der Waals surface area contributed by atoms with E-state index >= 15 is 0 Å². The van der Waals surface area contributed by atoms with Crippen LogP contribution in [-0.4, -0.2) is 13.5 Å². The van der Waals surface area contributed by atoms with E-state index in [0.717, 1.165) is 11.4 Å². The molecule has 0 aliphatic heterocycles. The van der Waals surface area contributed by atoms with Crippen LogP contribution in [0.1, 0.15) is 0 Å². The number of hydrogen-bond donors (Lipinski definition) is 0. The lowest BCUT2D eigenvalue weighted by molar-refractivity contribution is 1.17. The lowest BCUT2D eigenvalue weighted by Gasteiger charge is -2.12. The molecule has 0 bridgehead atoms. The van der Waals surface area contributed by atoms with Crippen LogP contribution in [0.4, 0.5) is 0 Å². The number of hydrogen-bond acceptors (Lipinski definition) is 0. The predicted octanol–water partition coefficient (Wildman–Crippen LogP) is 9.80. The van der Waals surface area contributed by atoms with E-state index in [9.17, 15) is 0 Å². The largest absolute Gasteiger partial charge is 0.314 e. The highest BCUT2D eigenvalue weighted by atomic mass is 15.0. The van der Waals surface area contributed by atoms with E-state index in [1.54, 1.807) is 0 Å². The molecular weight excluding hydrogens is 498 g/mol. The first kappa shape index (κ1) is 22.3. The molecule has 0 N–H and O–H groups in total. The van der Waals surface area contributed by atoms with E-state index in [0.29, 0.717) is 0 Å². The number of nitrogens with zero attached hydrogens (tertiary/aromatic N) is 3. The van der Waals surface area contributed by atoms with Gasteiger partial charge in [-0.15, -0.1) is 0 Å². The SMILES string of the molecule is c1ccc(-c2c3c(c4cc(-n5c6ccccc6c6ccccc65)ccc4n3-c3ccccc3)n3ccccc23)cc1. The molecule has 41 heavy (non-hydrogen) atoms. The van der Waals surface area contributed by atoms with Crippen molar-refractivity contribution in [1.82, 2.24) is 13.5 Å². The summed E-state index contributed by atoms with van der Waals surface area (Å²) in [4.78, 5) is 0. The molecule has 3 nitrogen and oxygen atoms in total. The van der Waals surface area contributed by atoms with Gasteiger partial charge in [0.15, 0.2) is 0 Å². The molecule has 9 aromatic rings. The maximum Gasteiger partial charge on any atom is 0.0809 e. The fourth-order valence-corrected chi connectivity index (χ4v) is 6.77. The van der Waals surface area contributed by atoms with Crippen molar-refractivity contribution in [2.75, 3.05) is 0 Å². The summed E-state index contributed by atoms with van der Waals surface area (Å²) in [5, 5.41) is 3.77. The third-order valence-corrected chi connectivity index (χ3v) is 8.43. The molecule has 0 saturated heterocycles. The summed E-state index contributed by atoms with van der Waals surface area (Å²) in [6.07, 6.45) is 2.20. The van der Waals surface area contributed by atoms with Crippen molar-refractivity contribution < 1.29 is 0 Å². The average molecular weight is 524 g/mol. The van der Waals surface area contributed by atoms with Crippen LogP contribution >= 0.6 is 0 Å². The van der Waals surface area contributed by atoms with E-state index in [4.69, 9.17) is 0 Å². The van der Waals surface area contributed by atoms with Gasteiger partial charge in [0, 0.05) is 39.3 Å². The topological polar surface area (TPSA) is 14.3 Å². The van der Waals surface area contributed by atoms with E-state index in [-0.39, 0.29) is 0 Å². The van der Waals surface area contributed by atoms with Gasteiger partial charge in [-0.25, -0.2) is 0 Å². The van der Waals surface area contributed by atoms with E-state index in [1.165, 1.54) is 60.4 Å². The third kappa shape index (κ3) is 3.09. The van der Waals surface area contributed by atoms with Gasteiger partial charge in [-0.05, 0) is 60.2 Å². The normalized spacial score (nSPS) is 11.9. The lowest BCUT2D eigenvalue weighted by Crippen LogP contribution is -1.96. The summed E-state index contributed by atoms with van der Waals surface area (Å²) < 4.78 is 7.22. The third-order valence-electron chi connectivity index (χ3n) is 8.43. The van der Waals surface area contributed by atoms with Gasteiger partial charge in [-0.2, -0.15) is 0 Å². The summed E-state index contributed by atoms with van der Waals surface area (Å²) in [7, 11) is 0. The molecule has 0 fully saturated rings. The Labute approximate surface area is 236 Å². The molecule has 3 heteroatoms. The van der Waals surface area contributed by atoms with Gasteiger partial charge in [-0.1, -0.05) is 91.0 Å². The maximum atomic E-state index is 2.44. The highest BCUT2D eigenvalue weighted by Gasteiger charge is 2.23. The molecule has 0 aliphatic rings. The molecule has 0 spiro atoms. The Hall–Kier alpha value is -5.54. The van der Waals surface area contributed by atoms with Crippen LogP contribution < -0.4 is 0 Å². The highest BCUT2D eigenvalue weighted by Crippen LogP contribution is 2.43. The van der Waals surface area contributed by atoms with Crippen molar-refractivity contribution in [2.45, 2.75) is 0 Å². The highest BCUT2D eigenvalue weighted by molar-refractivity contribution is 6.18. The quantitative estimate of drug-likeness (QED) is 0.219. The molecule has 5 aromatic carbocycles. The lowest BCUT2D eigenvalue weighted by atomic mass is 10.1. The summed E-state index contributed by atoms with van der Waals surface area (Å²) in [6, 6.07) is 52.4. The van der Waals surface area contributed by atoms with Gasteiger partial charge in [0.05, 0.1) is 33.1 Å². The summed E-state index contributed by atoms with van der Waals surface area (Å²) >= 11 is 0. The van der Waals surface area contributed by atoms with Crippen LogP contribution in [0, 0.1) is 0 Å². The second-order valence-electron chi connectivity index (χ2n) is 10.6. The fraction of sp³-hybridized carbons (Fsp3) is 0. The van der Waals surface area contributed by atoms with Crippen LogP contribution in [0.5, 0.6) is 0 Å². The molecule has 0 saturated carbocycles. The maximum absolute atomic E-state index is 2.44. The van der Waals surface area contributed by atoms with Crippen molar-refractivity contribution >= 4 is 49.3 Å².